The van der Waals surface area contributed by atoms with Gasteiger partial charge in [-0.1, -0.05) is 153 Å². The van der Waals surface area contributed by atoms with Gasteiger partial charge in [0.1, 0.15) is 0 Å². The second-order valence-electron chi connectivity index (χ2n) is 19.4. The molecule has 1 aromatic heterocycles. The first-order valence-electron chi connectivity index (χ1n) is 20.8. The fourth-order valence-corrected chi connectivity index (χ4v) is 10.5. The molecule has 286 valence electrons. The van der Waals surface area contributed by atoms with Crippen molar-refractivity contribution in [3.05, 3.63) is 162 Å². The average Bonchev–Trinajstić information content (AvgIpc) is 3.59. The summed E-state index contributed by atoms with van der Waals surface area (Å²) in [6.45, 7) is 20.9. The summed E-state index contributed by atoms with van der Waals surface area (Å²) in [5, 5.41) is 2.68. The zero-order valence-corrected chi connectivity index (χ0v) is 36.1. The lowest BCUT2D eigenvalue weighted by Gasteiger charge is -2.47. The van der Waals surface area contributed by atoms with Crippen molar-refractivity contribution in [2.24, 2.45) is 0 Å². The van der Waals surface area contributed by atoms with Crippen molar-refractivity contribution in [3.8, 4) is 22.3 Å². The van der Waals surface area contributed by atoms with Gasteiger partial charge in [-0.3, -0.25) is 0 Å². The van der Waals surface area contributed by atoms with E-state index in [2.05, 4.69) is 218 Å². The standard InChI is InChI=1S/C54H51BN2S/c1-52(2,3)35-23-26-38(27-24-35)57-44-28-25-36(53(4,5)6)31-41(44)42-32-37(54(7,8)9)33-46-50(42)55(57)51-45(29-30-48-49(51)40-20-14-16-22-47(40)58-48)56(46)43-21-15-13-19-39(43)34-17-11-10-12-18-34/h10-33H,1-9H3. The number of para-hydroxylation sites is 1. The maximum atomic E-state index is 2.68. The Hall–Kier alpha value is -5.58. The molecule has 0 unspecified atom stereocenters. The number of benzene rings is 7. The number of hydrogen-bond acceptors (Lipinski definition) is 3. The first-order valence-corrected chi connectivity index (χ1v) is 21.6. The molecule has 0 radical (unpaired) electrons. The van der Waals surface area contributed by atoms with Crippen molar-refractivity contribution < 1.29 is 0 Å². The lowest BCUT2D eigenvalue weighted by Crippen LogP contribution is -2.62. The van der Waals surface area contributed by atoms with Gasteiger partial charge in [0.2, 0.25) is 0 Å². The van der Waals surface area contributed by atoms with Crippen LogP contribution in [0.25, 0.3) is 42.4 Å². The molecule has 0 saturated carbocycles. The van der Waals surface area contributed by atoms with Crippen molar-refractivity contribution in [3.63, 3.8) is 0 Å². The normalized spacial score (nSPS) is 13.8. The SMILES string of the molecule is CC(C)(C)c1ccc(N2B3c4c(cc(C(C)(C)C)cc4N(c4ccccc4-c4ccccc4)c4ccc5sc6ccccc6c5c43)-c3cc(C(C)(C)C)ccc32)cc1. The molecule has 58 heavy (non-hydrogen) atoms. The van der Waals surface area contributed by atoms with Gasteiger partial charge in [0, 0.05) is 43.3 Å². The Bertz CT molecular complexity index is 2900. The van der Waals surface area contributed by atoms with Crippen molar-refractivity contribution in [2.45, 2.75) is 78.6 Å². The molecule has 8 aromatic rings. The van der Waals surface area contributed by atoms with Crippen LogP contribution in [0.2, 0.25) is 0 Å². The number of anilines is 5. The second-order valence-corrected chi connectivity index (χ2v) is 20.5. The van der Waals surface area contributed by atoms with Crippen LogP contribution in [-0.2, 0) is 16.2 Å². The summed E-state index contributed by atoms with van der Waals surface area (Å²) < 4.78 is 2.65. The number of hydrogen-bond donors (Lipinski definition) is 0. The van der Waals surface area contributed by atoms with Crippen molar-refractivity contribution in [1.29, 1.82) is 0 Å². The van der Waals surface area contributed by atoms with Crippen LogP contribution < -0.4 is 20.6 Å². The van der Waals surface area contributed by atoms with Gasteiger partial charge < -0.3 is 9.71 Å². The van der Waals surface area contributed by atoms with E-state index in [4.69, 9.17) is 0 Å². The topological polar surface area (TPSA) is 6.48 Å². The van der Waals surface area contributed by atoms with E-state index in [1.807, 2.05) is 11.3 Å². The van der Waals surface area contributed by atoms with E-state index in [-0.39, 0.29) is 23.1 Å². The molecule has 4 heteroatoms. The third kappa shape index (κ3) is 5.75. The minimum atomic E-state index is -0.0822. The molecule has 3 heterocycles. The van der Waals surface area contributed by atoms with Gasteiger partial charge in [0.15, 0.2) is 0 Å². The summed E-state index contributed by atoms with van der Waals surface area (Å²) >= 11 is 1.91. The summed E-state index contributed by atoms with van der Waals surface area (Å²) in [7, 11) is 0. The van der Waals surface area contributed by atoms with Gasteiger partial charge in [0.25, 0.3) is 0 Å². The molecule has 10 rings (SSSR count). The fraction of sp³-hybridized carbons (Fsp3) is 0.222. The molecule has 0 saturated heterocycles. The van der Waals surface area contributed by atoms with E-state index in [0.717, 1.165) is 0 Å². The maximum absolute atomic E-state index is 2.68. The monoisotopic (exact) mass is 770 g/mol. The van der Waals surface area contributed by atoms with Gasteiger partial charge >= 0.3 is 6.85 Å². The van der Waals surface area contributed by atoms with E-state index >= 15 is 0 Å². The predicted octanol–water partition coefficient (Wildman–Crippen LogP) is 14.3. The maximum Gasteiger partial charge on any atom is 0.333 e. The summed E-state index contributed by atoms with van der Waals surface area (Å²) in [4.78, 5) is 5.30. The second kappa shape index (κ2) is 13.0. The Morgan fingerprint density at radius 1 is 0.431 bits per heavy atom. The number of nitrogens with zero attached hydrogens (tertiary/aromatic N) is 2. The van der Waals surface area contributed by atoms with Crippen molar-refractivity contribution in [1.82, 2.24) is 0 Å². The molecule has 2 aliphatic heterocycles. The summed E-state index contributed by atoms with van der Waals surface area (Å²) in [6.07, 6.45) is 0. The Morgan fingerprint density at radius 2 is 1.05 bits per heavy atom. The van der Waals surface area contributed by atoms with Crippen LogP contribution in [0.4, 0.5) is 28.4 Å². The predicted molar refractivity (Wildman–Crippen MR) is 255 cm³/mol. The lowest BCUT2D eigenvalue weighted by atomic mass is 9.42. The highest BCUT2D eigenvalue weighted by atomic mass is 32.1. The lowest BCUT2D eigenvalue weighted by molar-refractivity contribution is 0.589. The van der Waals surface area contributed by atoms with Crippen LogP contribution in [0.5, 0.6) is 0 Å². The molecule has 0 atom stereocenters. The van der Waals surface area contributed by atoms with E-state index in [0.29, 0.717) is 0 Å². The third-order valence-corrected chi connectivity index (χ3v) is 13.7. The van der Waals surface area contributed by atoms with Crippen molar-refractivity contribution in [2.75, 3.05) is 9.71 Å². The highest BCUT2D eigenvalue weighted by Gasteiger charge is 2.47. The highest BCUT2D eigenvalue weighted by Crippen LogP contribution is 2.51. The first-order chi connectivity index (χ1) is 27.7. The van der Waals surface area contributed by atoms with Crippen LogP contribution in [-0.4, -0.2) is 6.85 Å². The first kappa shape index (κ1) is 36.7. The molecule has 0 aliphatic carbocycles. The van der Waals surface area contributed by atoms with E-state index in [9.17, 15) is 0 Å². The summed E-state index contributed by atoms with van der Waals surface area (Å²) in [6, 6.07) is 55.6. The Labute approximate surface area is 348 Å². The average molecular weight is 771 g/mol. The van der Waals surface area contributed by atoms with Gasteiger partial charge in [-0.15, -0.1) is 11.3 Å². The van der Waals surface area contributed by atoms with E-state index in [1.165, 1.54) is 98.5 Å². The minimum absolute atomic E-state index is 0.0121. The summed E-state index contributed by atoms with van der Waals surface area (Å²) in [5.41, 5.74) is 17.9. The van der Waals surface area contributed by atoms with Crippen LogP contribution in [0, 0.1) is 0 Å². The van der Waals surface area contributed by atoms with Crippen LogP contribution in [0.3, 0.4) is 0 Å². The largest absolute Gasteiger partial charge is 0.376 e. The quantitative estimate of drug-likeness (QED) is 0.165. The molecular formula is C54H51BN2S. The van der Waals surface area contributed by atoms with Crippen LogP contribution in [0.1, 0.15) is 79.0 Å². The Balaban J connectivity index is 1.39. The molecule has 2 aliphatic rings. The minimum Gasteiger partial charge on any atom is -0.376 e. The highest BCUT2D eigenvalue weighted by molar-refractivity contribution is 7.26. The smallest absolute Gasteiger partial charge is 0.333 e. The Kier molecular flexibility index (Phi) is 8.21. The zero-order chi connectivity index (χ0) is 40.3. The fourth-order valence-electron chi connectivity index (χ4n) is 9.37. The molecule has 0 spiro atoms. The zero-order valence-electron chi connectivity index (χ0n) is 35.2. The molecule has 7 aromatic carbocycles. The molecule has 2 nitrogen and oxygen atoms in total. The Morgan fingerprint density at radius 3 is 1.78 bits per heavy atom. The van der Waals surface area contributed by atoms with E-state index < -0.39 is 0 Å². The molecule has 0 amide bonds. The molecular weight excluding hydrogens is 719 g/mol. The van der Waals surface area contributed by atoms with Gasteiger partial charge in [-0.25, -0.2) is 0 Å². The number of rotatable bonds is 3. The van der Waals surface area contributed by atoms with Gasteiger partial charge in [0.05, 0.1) is 5.69 Å². The number of thiophene rings is 1. The molecule has 0 bridgehead atoms. The number of fused-ring (bicyclic) bond motifs is 8. The molecule has 0 N–H and O–H groups in total. The van der Waals surface area contributed by atoms with Crippen molar-refractivity contribution >= 4 is 77.7 Å². The summed E-state index contributed by atoms with van der Waals surface area (Å²) in [5.74, 6) is 0. The van der Waals surface area contributed by atoms with E-state index in [1.54, 1.807) is 0 Å². The third-order valence-electron chi connectivity index (χ3n) is 12.5. The van der Waals surface area contributed by atoms with Crippen LogP contribution in [0.15, 0.2) is 146 Å². The van der Waals surface area contributed by atoms with Gasteiger partial charge in [-0.05, 0) is 120 Å². The van der Waals surface area contributed by atoms with Crippen LogP contribution >= 0.6 is 11.3 Å². The molecule has 0 fully saturated rings. The van der Waals surface area contributed by atoms with Gasteiger partial charge in [-0.2, -0.15) is 0 Å².